The largest absolute Gasteiger partial charge is 0.487 e. The molecule has 4 rings (SSSR count). The average molecular weight is 380 g/mol. The van der Waals surface area contributed by atoms with E-state index < -0.39 is 6.10 Å². The lowest BCUT2D eigenvalue weighted by Crippen LogP contribution is -2.44. The topological polar surface area (TPSA) is 47.6 Å². The van der Waals surface area contributed by atoms with Crippen LogP contribution in [-0.2, 0) is 17.6 Å². The van der Waals surface area contributed by atoms with Crippen molar-refractivity contribution in [2.75, 3.05) is 0 Å². The van der Waals surface area contributed by atoms with Gasteiger partial charge in [0.1, 0.15) is 17.1 Å². The van der Waals surface area contributed by atoms with Crippen molar-refractivity contribution in [3.63, 3.8) is 0 Å². The number of hydrogen-bond donors (Lipinski definition) is 1. The summed E-state index contributed by atoms with van der Waals surface area (Å²) in [6.45, 7) is 5.94. The Morgan fingerprint density at radius 1 is 1.14 bits per heavy atom. The number of hydrogen-bond acceptors (Lipinski definition) is 3. The second-order valence-electron chi connectivity index (χ2n) is 8.53. The van der Waals surface area contributed by atoms with E-state index in [4.69, 9.17) is 9.47 Å². The molecule has 4 heteroatoms. The highest BCUT2D eigenvalue weighted by molar-refractivity contribution is 5.81. The number of benzene rings is 2. The van der Waals surface area contributed by atoms with Gasteiger partial charge in [0, 0.05) is 12.0 Å². The SMILES string of the molecule is C[C@@H](Oc1cccc2c1CCCC2)C(=O)N[C@@H]1CC(C)(C)Oc2ccccc21. The minimum atomic E-state index is -0.549. The van der Waals surface area contributed by atoms with Gasteiger partial charge in [-0.3, -0.25) is 4.79 Å². The van der Waals surface area contributed by atoms with Crippen LogP contribution in [0.2, 0.25) is 0 Å². The molecule has 2 aromatic carbocycles. The lowest BCUT2D eigenvalue weighted by atomic mass is 9.89. The Bertz CT molecular complexity index is 874. The lowest BCUT2D eigenvalue weighted by molar-refractivity contribution is -0.128. The van der Waals surface area contributed by atoms with Crippen molar-refractivity contribution in [1.29, 1.82) is 0 Å². The minimum Gasteiger partial charge on any atom is -0.487 e. The number of ether oxygens (including phenoxy) is 2. The number of fused-ring (bicyclic) bond motifs is 2. The summed E-state index contributed by atoms with van der Waals surface area (Å²) in [5, 5.41) is 3.19. The van der Waals surface area contributed by atoms with Crippen LogP contribution in [0.5, 0.6) is 11.5 Å². The summed E-state index contributed by atoms with van der Waals surface area (Å²) in [5.74, 6) is 1.60. The van der Waals surface area contributed by atoms with Crippen LogP contribution in [0.25, 0.3) is 0 Å². The summed E-state index contributed by atoms with van der Waals surface area (Å²) >= 11 is 0. The third-order valence-electron chi connectivity index (χ3n) is 5.72. The Morgan fingerprint density at radius 2 is 1.93 bits per heavy atom. The first-order valence-electron chi connectivity index (χ1n) is 10.3. The van der Waals surface area contributed by atoms with Crippen molar-refractivity contribution < 1.29 is 14.3 Å². The molecule has 0 radical (unpaired) electrons. The van der Waals surface area contributed by atoms with E-state index in [1.165, 1.54) is 24.0 Å². The van der Waals surface area contributed by atoms with E-state index in [-0.39, 0.29) is 17.6 Å². The summed E-state index contributed by atoms with van der Waals surface area (Å²) in [6, 6.07) is 14.0. The van der Waals surface area contributed by atoms with Gasteiger partial charge in [-0.15, -0.1) is 0 Å². The van der Waals surface area contributed by atoms with E-state index in [1.807, 2.05) is 43.3 Å². The Morgan fingerprint density at radius 3 is 2.79 bits per heavy atom. The van der Waals surface area contributed by atoms with Crippen LogP contribution in [0.3, 0.4) is 0 Å². The van der Waals surface area contributed by atoms with E-state index in [1.54, 1.807) is 0 Å². The summed E-state index contributed by atoms with van der Waals surface area (Å²) < 4.78 is 12.2. The summed E-state index contributed by atoms with van der Waals surface area (Å²) in [4.78, 5) is 12.9. The number of rotatable bonds is 4. The standard InChI is InChI=1S/C24H29NO3/c1-16(27-21-14-8-10-17-9-4-5-11-18(17)21)23(26)25-20-15-24(2,3)28-22-13-7-6-12-19(20)22/h6-8,10,12-14,16,20H,4-5,9,11,15H2,1-3H3,(H,25,26)/t16-,20-/m1/s1. The van der Waals surface area contributed by atoms with Crippen LogP contribution in [-0.4, -0.2) is 17.6 Å². The lowest BCUT2D eigenvalue weighted by Gasteiger charge is -2.38. The predicted octanol–water partition coefficient (Wildman–Crippen LogP) is 4.75. The Kier molecular flexibility index (Phi) is 5.05. The van der Waals surface area contributed by atoms with Gasteiger partial charge >= 0.3 is 0 Å². The molecule has 0 spiro atoms. The fraction of sp³-hybridized carbons (Fsp3) is 0.458. The van der Waals surface area contributed by atoms with Gasteiger partial charge in [0.25, 0.3) is 5.91 Å². The number of carbonyl (C=O) groups is 1. The average Bonchev–Trinajstić information content (AvgIpc) is 2.67. The van der Waals surface area contributed by atoms with Gasteiger partial charge in [-0.25, -0.2) is 0 Å². The van der Waals surface area contributed by atoms with Crippen molar-refractivity contribution in [3.8, 4) is 11.5 Å². The van der Waals surface area contributed by atoms with Crippen molar-refractivity contribution >= 4 is 5.91 Å². The summed E-state index contributed by atoms with van der Waals surface area (Å²) in [7, 11) is 0. The molecule has 1 N–H and O–H groups in total. The predicted molar refractivity (Wildman–Crippen MR) is 110 cm³/mol. The molecule has 1 heterocycles. The monoisotopic (exact) mass is 379 g/mol. The zero-order chi connectivity index (χ0) is 19.7. The molecule has 28 heavy (non-hydrogen) atoms. The Balaban J connectivity index is 1.48. The van der Waals surface area contributed by atoms with E-state index >= 15 is 0 Å². The third-order valence-corrected chi connectivity index (χ3v) is 5.72. The van der Waals surface area contributed by atoms with Gasteiger partial charge in [-0.05, 0) is 69.7 Å². The van der Waals surface area contributed by atoms with Crippen LogP contribution in [0.1, 0.15) is 62.8 Å². The highest BCUT2D eigenvalue weighted by atomic mass is 16.5. The molecule has 148 valence electrons. The summed E-state index contributed by atoms with van der Waals surface area (Å²) in [6.07, 6.45) is 4.71. The van der Waals surface area contributed by atoms with Crippen molar-refractivity contribution in [2.45, 2.75) is 70.6 Å². The fourth-order valence-corrected chi connectivity index (χ4v) is 4.32. The van der Waals surface area contributed by atoms with Gasteiger partial charge in [0.05, 0.1) is 6.04 Å². The summed E-state index contributed by atoms with van der Waals surface area (Å²) in [5.41, 5.74) is 3.33. The van der Waals surface area contributed by atoms with Gasteiger partial charge < -0.3 is 14.8 Å². The first-order chi connectivity index (χ1) is 13.4. The highest BCUT2D eigenvalue weighted by Gasteiger charge is 2.35. The molecule has 1 amide bonds. The van der Waals surface area contributed by atoms with Gasteiger partial charge in [0.2, 0.25) is 0 Å². The van der Waals surface area contributed by atoms with Crippen molar-refractivity contribution in [1.82, 2.24) is 5.32 Å². The zero-order valence-electron chi connectivity index (χ0n) is 17.0. The second kappa shape index (κ2) is 7.50. The van der Waals surface area contributed by atoms with Gasteiger partial charge in [0.15, 0.2) is 6.10 Å². The van der Waals surface area contributed by atoms with E-state index in [0.717, 1.165) is 36.3 Å². The normalized spacial score (nSPS) is 20.9. The van der Waals surface area contributed by atoms with Crippen LogP contribution in [0.4, 0.5) is 0 Å². The first-order valence-corrected chi connectivity index (χ1v) is 10.3. The number of carbonyl (C=O) groups excluding carboxylic acids is 1. The molecule has 0 bridgehead atoms. The van der Waals surface area contributed by atoms with Crippen LogP contribution >= 0.6 is 0 Å². The van der Waals surface area contributed by atoms with Crippen molar-refractivity contribution in [3.05, 3.63) is 59.2 Å². The van der Waals surface area contributed by atoms with Crippen molar-refractivity contribution in [2.24, 2.45) is 0 Å². The minimum absolute atomic E-state index is 0.0804. The smallest absolute Gasteiger partial charge is 0.261 e. The quantitative estimate of drug-likeness (QED) is 0.834. The molecule has 0 saturated heterocycles. The van der Waals surface area contributed by atoms with E-state index in [0.29, 0.717) is 0 Å². The molecule has 1 aliphatic carbocycles. The first kappa shape index (κ1) is 18.9. The molecule has 0 unspecified atom stereocenters. The molecule has 2 aliphatic rings. The maximum atomic E-state index is 12.9. The maximum Gasteiger partial charge on any atom is 0.261 e. The van der Waals surface area contributed by atoms with Crippen LogP contribution in [0, 0.1) is 0 Å². The molecule has 0 aromatic heterocycles. The van der Waals surface area contributed by atoms with Crippen LogP contribution in [0.15, 0.2) is 42.5 Å². The Labute approximate surface area is 167 Å². The zero-order valence-corrected chi connectivity index (χ0v) is 17.0. The van der Waals surface area contributed by atoms with Crippen LogP contribution < -0.4 is 14.8 Å². The number of amides is 1. The number of nitrogens with one attached hydrogen (secondary N) is 1. The Hall–Kier alpha value is -2.49. The van der Waals surface area contributed by atoms with Gasteiger partial charge in [-0.1, -0.05) is 30.3 Å². The number of aryl methyl sites for hydroxylation is 1. The maximum absolute atomic E-state index is 12.9. The number of para-hydroxylation sites is 1. The van der Waals surface area contributed by atoms with E-state index in [9.17, 15) is 4.79 Å². The highest BCUT2D eigenvalue weighted by Crippen LogP contribution is 2.39. The van der Waals surface area contributed by atoms with Gasteiger partial charge in [-0.2, -0.15) is 0 Å². The molecule has 1 aliphatic heterocycles. The molecule has 0 fully saturated rings. The molecule has 0 saturated carbocycles. The second-order valence-corrected chi connectivity index (χ2v) is 8.53. The van der Waals surface area contributed by atoms with E-state index in [2.05, 4.69) is 25.2 Å². The third kappa shape index (κ3) is 3.87. The molecular weight excluding hydrogens is 350 g/mol. The molecular formula is C24H29NO3. The molecule has 2 aromatic rings. The molecule has 2 atom stereocenters. The molecule has 4 nitrogen and oxygen atoms in total. The fourth-order valence-electron chi connectivity index (χ4n) is 4.32.